The van der Waals surface area contributed by atoms with Crippen LogP contribution in [0.25, 0.3) is 0 Å². The minimum atomic E-state index is -1.69. The van der Waals surface area contributed by atoms with E-state index in [0.717, 1.165) is 2.87 Å². The summed E-state index contributed by atoms with van der Waals surface area (Å²) in [6, 6.07) is 0. The standard InChI is InChI=1S/C7H13IO2SSi/c1-12(2,3)10-7(9)5-4-6(8)11/h4-5H2,1-3H3. The van der Waals surface area contributed by atoms with E-state index in [9.17, 15) is 4.79 Å². The van der Waals surface area contributed by atoms with Gasteiger partial charge in [-0.3, -0.25) is 4.79 Å². The molecule has 0 bridgehead atoms. The molecule has 0 aromatic carbocycles. The van der Waals surface area contributed by atoms with Crippen molar-refractivity contribution < 1.29 is 9.22 Å². The zero-order chi connectivity index (χ0) is 9.78. The van der Waals surface area contributed by atoms with Crippen LogP contribution in [0.4, 0.5) is 0 Å². The van der Waals surface area contributed by atoms with E-state index in [1.54, 1.807) is 0 Å². The molecule has 70 valence electrons. The molecule has 0 aliphatic carbocycles. The first-order chi connectivity index (χ1) is 5.31. The van der Waals surface area contributed by atoms with Crippen LogP contribution in [0.5, 0.6) is 0 Å². The summed E-state index contributed by atoms with van der Waals surface area (Å²) in [6.07, 6.45) is 1.07. The normalized spacial score (nSPS) is 11.0. The highest BCUT2D eigenvalue weighted by Crippen LogP contribution is 2.07. The lowest BCUT2D eigenvalue weighted by atomic mass is 10.3. The Hall–Kier alpha value is 0.507. The first-order valence-corrected chi connectivity index (χ1v) is 8.61. The van der Waals surface area contributed by atoms with Gasteiger partial charge in [-0.2, -0.15) is 0 Å². The molecule has 0 N–H and O–H groups in total. The Morgan fingerprint density at radius 1 is 1.42 bits per heavy atom. The second-order valence-electron chi connectivity index (χ2n) is 3.44. The smallest absolute Gasteiger partial charge is 0.292 e. The maximum atomic E-state index is 11.1. The Morgan fingerprint density at radius 2 is 1.92 bits per heavy atom. The van der Waals surface area contributed by atoms with Crippen molar-refractivity contribution in [2.24, 2.45) is 0 Å². The highest BCUT2D eigenvalue weighted by atomic mass is 127. The second kappa shape index (κ2) is 5.28. The van der Waals surface area contributed by atoms with Crippen LogP contribution in [0.2, 0.25) is 19.6 Å². The van der Waals surface area contributed by atoms with Crippen LogP contribution in [-0.2, 0) is 9.22 Å². The van der Waals surface area contributed by atoms with E-state index in [-0.39, 0.29) is 5.97 Å². The van der Waals surface area contributed by atoms with Crippen molar-refractivity contribution >= 4 is 52.0 Å². The van der Waals surface area contributed by atoms with Crippen molar-refractivity contribution in [3.63, 3.8) is 0 Å². The average molecular weight is 316 g/mol. The molecule has 0 rings (SSSR count). The minimum absolute atomic E-state index is 0.117. The zero-order valence-corrected chi connectivity index (χ0v) is 11.5. The van der Waals surface area contributed by atoms with Crippen molar-refractivity contribution in [1.29, 1.82) is 0 Å². The summed E-state index contributed by atoms with van der Waals surface area (Å²) in [5.41, 5.74) is 0. The van der Waals surface area contributed by atoms with Crippen LogP contribution >= 0.6 is 34.8 Å². The van der Waals surface area contributed by atoms with Gasteiger partial charge in [-0.1, -0.05) is 12.2 Å². The van der Waals surface area contributed by atoms with Gasteiger partial charge >= 0.3 is 0 Å². The van der Waals surface area contributed by atoms with E-state index in [1.807, 2.05) is 42.2 Å². The van der Waals surface area contributed by atoms with Gasteiger partial charge in [0.25, 0.3) is 5.97 Å². The molecule has 0 fully saturated rings. The number of halogens is 1. The van der Waals surface area contributed by atoms with Gasteiger partial charge in [0.1, 0.15) is 0 Å². The number of thiocarbonyl (C=S) groups is 1. The third kappa shape index (κ3) is 8.60. The van der Waals surface area contributed by atoms with Crippen molar-refractivity contribution in [3.8, 4) is 0 Å². The quantitative estimate of drug-likeness (QED) is 0.345. The Morgan fingerprint density at radius 3 is 2.25 bits per heavy atom. The molecule has 0 spiro atoms. The van der Waals surface area contributed by atoms with Gasteiger partial charge in [-0.15, -0.1) is 0 Å². The fraction of sp³-hybridized carbons (Fsp3) is 0.714. The topological polar surface area (TPSA) is 26.3 Å². The van der Waals surface area contributed by atoms with Gasteiger partial charge in [-0.25, -0.2) is 0 Å². The minimum Gasteiger partial charge on any atom is -0.520 e. The third-order valence-electron chi connectivity index (χ3n) is 0.946. The summed E-state index contributed by atoms with van der Waals surface area (Å²) >= 11 is 6.89. The Balaban J connectivity index is 3.68. The van der Waals surface area contributed by atoms with E-state index in [4.69, 9.17) is 16.6 Å². The molecule has 12 heavy (non-hydrogen) atoms. The van der Waals surface area contributed by atoms with E-state index in [0.29, 0.717) is 12.8 Å². The van der Waals surface area contributed by atoms with Crippen molar-refractivity contribution in [2.45, 2.75) is 32.5 Å². The molecule has 0 heterocycles. The van der Waals surface area contributed by atoms with Gasteiger partial charge in [0, 0.05) is 6.42 Å². The van der Waals surface area contributed by atoms with Crippen LogP contribution in [0.1, 0.15) is 12.8 Å². The molecule has 0 aliphatic heterocycles. The summed E-state index contributed by atoms with van der Waals surface area (Å²) in [5.74, 6) is -0.117. The van der Waals surface area contributed by atoms with E-state index >= 15 is 0 Å². The Bertz CT molecular complexity index is 188. The molecular weight excluding hydrogens is 303 g/mol. The summed E-state index contributed by atoms with van der Waals surface area (Å²) in [6.45, 7) is 5.98. The number of rotatable bonds is 4. The summed E-state index contributed by atoms with van der Waals surface area (Å²) < 4.78 is 6.06. The van der Waals surface area contributed by atoms with Gasteiger partial charge in [0.05, 0.1) is 2.87 Å². The van der Waals surface area contributed by atoms with Crippen LogP contribution in [0.15, 0.2) is 0 Å². The maximum absolute atomic E-state index is 11.1. The second-order valence-corrected chi connectivity index (χ2v) is 10.4. The lowest BCUT2D eigenvalue weighted by Gasteiger charge is -2.16. The molecular formula is C7H13IO2SSi. The molecule has 0 saturated carbocycles. The molecule has 2 nitrogen and oxygen atoms in total. The fourth-order valence-corrected chi connectivity index (χ4v) is 1.75. The highest BCUT2D eigenvalue weighted by Gasteiger charge is 2.19. The molecule has 0 radical (unpaired) electrons. The van der Waals surface area contributed by atoms with Gasteiger partial charge in [0.2, 0.25) is 8.32 Å². The molecule has 0 amide bonds. The molecule has 0 atom stereocenters. The van der Waals surface area contributed by atoms with Crippen molar-refractivity contribution in [1.82, 2.24) is 0 Å². The molecule has 0 aromatic rings. The van der Waals surface area contributed by atoms with Crippen LogP contribution in [-0.4, -0.2) is 17.2 Å². The van der Waals surface area contributed by atoms with E-state index < -0.39 is 8.32 Å². The summed E-state index contributed by atoms with van der Waals surface area (Å²) in [7, 11) is -1.69. The van der Waals surface area contributed by atoms with Gasteiger partial charge < -0.3 is 4.43 Å². The predicted molar refractivity (Wildman–Crippen MR) is 65.3 cm³/mol. The third-order valence-corrected chi connectivity index (χ3v) is 2.53. The Labute approximate surface area is 93.3 Å². The average Bonchev–Trinajstić information content (AvgIpc) is 1.79. The fourth-order valence-electron chi connectivity index (χ4n) is 0.593. The van der Waals surface area contributed by atoms with E-state index in [2.05, 4.69) is 0 Å². The molecule has 5 heteroatoms. The molecule has 0 saturated heterocycles. The largest absolute Gasteiger partial charge is 0.520 e. The van der Waals surface area contributed by atoms with Gasteiger partial charge in [-0.05, 0) is 48.7 Å². The predicted octanol–water partition coefficient (Wildman–Crippen LogP) is 2.91. The molecule has 0 aromatic heterocycles. The summed E-state index contributed by atoms with van der Waals surface area (Å²) in [4.78, 5) is 11.1. The van der Waals surface area contributed by atoms with Crippen LogP contribution in [0.3, 0.4) is 0 Å². The number of hydrogen-bond donors (Lipinski definition) is 0. The zero-order valence-electron chi connectivity index (χ0n) is 7.52. The van der Waals surface area contributed by atoms with Crippen LogP contribution < -0.4 is 0 Å². The Kier molecular flexibility index (Phi) is 5.51. The van der Waals surface area contributed by atoms with Crippen LogP contribution in [0, 0.1) is 0 Å². The highest BCUT2D eigenvalue weighted by molar-refractivity contribution is 14.1. The monoisotopic (exact) mass is 316 g/mol. The first-order valence-electron chi connectivity index (χ1n) is 3.71. The van der Waals surface area contributed by atoms with Crippen molar-refractivity contribution in [3.05, 3.63) is 0 Å². The lowest BCUT2D eigenvalue weighted by Crippen LogP contribution is -2.29. The number of carbonyl (C=O) groups is 1. The maximum Gasteiger partial charge on any atom is 0.292 e. The molecule has 0 unspecified atom stereocenters. The SMILES string of the molecule is C[Si](C)(C)OC(=O)CCC(=S)I. The summed E-state index contributed by atoms with van der Waals surface area (Å²) in [5, 5.41) is 0. The van der Waals surface area contributed by atoms with Gasteiger partial charge in [0.15, 0.2) is 0 Å². The lowest BCUT2D eigenvalue weighted by molar-refractivity contribution is -0.134. The van der Waals surface area contributed by atoms with E-state index in [1.165, 1.54) is 0 Å². The molecule has 0 aliphatic rings. The van der Waals surface area contributed by atoms with Crippen molar-refractivity contribution in [2.75, 3.05) is 0 Å². The number of hydrogen-bond acceptors (Lipinski definition) is 3. The first kappa shape index (κ1) is 12.5. The number of carbonyl (C=O) groups excluding carboxylic acids is 1.